The first kappa shape index (κ1) is 19.2. The number of hydrogen-bond acceptors (Lipinski definition) is 5. The van der Waals surface area contributed by atoms with Gasteiger partial charge in [0, 0.05) is 13.0 Å². The molecule has 6 heteroatoms. The molecular weight excluding hydrogens is 360 g/mol. The Morgan fingerprint density at radius 2 is 1.89 bits per heavy atom. The zero-order valence-electron chi connectivity index (χ0n) is 15.7. The van der Waals surface area contributed by atoms with E-state index in [1.165, 1.54) is 4.70 Å². The average Bonchev–Trinajstić information content (AvgIpc) is 3.10. The second kappa shape index (κ2) is 9.37. The van der Waals surface area contributed by atoms with Crippen molar-refractivity contribution in [2.45, 2.75) is 25.7 Å². The normalized spacial score (nSPS) is 10.7. The second-order valence-electron chi connectivity index (χ2n) is 6.22. The summed E-state index contributed by atoms with van der Waals surface area (Å²) in [4.78, 5) is 16.7. The first-order valence-electron chi connectivity index (χ1n) is 9.01. The Kier molecular flexibility index (Phi) is 6.65. The van der Waals surface area contributed by atoms with Crippen LogP contribution in [0.4, 0.5) is 0 Å². The molecule has 3 aromatic rings. The molecule has 1 N–H and O–H groups in total. The van der Waals surface area contributed by atoms with Gasteiger partial charge in [-0.2, -0.15) is 0 Å². The SMILES string of the molecule is COc1ccc(CCNC(=O)CCCc2nc3ccccc3s2)cc1OC. The van der Waals surface area contributed by atoms with Gasteiger partial charge >= 0.3 is 0 Å². The van der Waals surface area contributed by atoms with Gasteiger partial charge in [-0.3, -0.25) is 4.79 Å². The fourth-order valence-electron chi connectivity index (χ4n) is 2.90. The Hall–Kier alpha value is -2.60. The summed E-state index contributed by atoms with van der Waals surface area (Å²) in [5, 5.41) is 4.07. The zero-order valence-corrected chi connectivity index (χ0v) is 16.5. The van der Waals surface area contributed by atoms with Gasteiger partial charge in [0.05, 0.1) is 29.4 Å². The number of carbonyl (C=O) groups excluding carboxylic acids is 1. The molecule has 1 heterocycles. The molecule has 0 unspecified atom stereocenters. The molecule has 0 atom stereocenters. The number of para-hydroxylation sites is 1. The highest BCUT2D eigenvalue weighted by Crippen LogP contribution is 2.27. The fraction of sp³-hybridized carbons (Fsp3) is 0.333. The second-order valence-corrected chi connectivity index (χ2v) is 7.33. The van der Waals surface area contributed by atoms with E-state index < -0.39 is 0 Å². The fourth-order valence-corrected chi connectivity index (χ4v) is 3.91. The van der Waals surface area contributed by atoms with Crippen LogP contribution < -0.4 is 14.8 Å². The van der Waals surface area contributed by atoms with Crippen LogP contribution in [0.1, 0.15) is 23.4 Å². The molecule has 0 fully saturated rings. The average molecular weight is 385 g/mol. The van der Waals surface area contributed by atoms with Gasteiger partial charge in [0.1, 0.15) is 0 Å². The minimum Gasteiger partial charge on any atom is -0.493 e. The monoisotopic (exact) mass is 384 g/mol. The van der Waals surface area contributed by atoms with E-state index in [2.05, 4.69) is 16.4 Å². The largest absolute Gasteiger partial charge is 0.493 e. The summed E-state index contributed by atoms with van der Waals surface area (Å²) in [6.07, 6.45) is 2.91. The molecule has 5 nitrogen and oxygen atoms in total. The van der Waals surface area contributed by atoms with E-state index >= 15 is 0 Å². The lowest BCUT2D eigenvalue weighted by Gasteiger charge is -2.10. The van der Waals surface area contributed by atoms with Gasteiger partial charge in [0.25, 0.3) is 0 Å². The maximum Gasteiger partial charge on any atom is 0.220 e. The molecule has 0 bridgehead atoms. The predicted octanol–water partition coefficient (Wildman–Crippen LogP) is 4.00. The first-order chi connectivity index (χ1) is 13.2. The van der Waals surface area contributed by atoms with Crippen molar-refractivity contribution in [3.05, 3.63) is 53.0 Å². The summed E-state index contributed by atoms with van der Waals surface area (Å²) in [6.45, 7) is 0.607. The molecule has 3 rings (SSSR count). The summed E-state index contributed by atoms with van der Waals surface area (Å²) in [5.41, 5.74) is 2.14. The van der Waals surface area contributed by atoms with Crippen LogP contribution in [0.25, 0.3) is 10.2 Å². The lowest BCUT2D eigenvalue weighted by atomic mass is 10.1. The number of aryl methyl sites for hydroxylation is 1. The highest BCUT2D eigenvalue weighted by Gasteiger charge is 2.07. The van der Waals surface area contributed by atoms with E-state index in [0.29, 0.717) is 24.5 Å². The van der Waals surface area contributed by atoms with Gasteiger partial charge < -0.3 is 14.8 Å². The Labute approximate surface area is 163 Å². The Balaban J connectivity index is 1.39. The maximum atomic E-state index is 12.0. The number of aromatic nitrogens is 1. The van der Waals surface area contributed by atoms with Gasteiger partial charge in [-0.15, -0.1) is 11.3 Å². The number of rotatable bonds is 9. The standard InChI is InChI=1S/C21H24N2O3S/c1-25-17-11-10-15(14-18(17)26-2)12-13-22-20(24)8-5-9-21-23-16-6-3-4-7-19(16)27-21/h3-4,6-7,10-11,14H,5,8-9,12-13H2,1-2H3,(H,22,24). The first-order valence-corrected chi connectivity index (χ1v) is 9.83. The summed E-state index contributed by atoms with van der Waals surface area (Å²) >= 11 is 1.71. The number of nitrogens with one attached hydrogen (secondary N) is 1. The number of benzene rings is 2. The third kappa shape index (κ3) is 5.20. The molecule has 27 heavy (non-hydrogen) atoms. The van der Waals surface area contributed by atoms with Crippen LogP contribution in [-0.2, 0) is 17.6 Å². The number of methoxy groups -OCH3 is 2. The van der Waals surface area contributed by atoms with E-state index in [9.17, 15) is 4.79 Å². The molecule has 0 aliphatic carbocycles. The van der Waals surface area contributed by atoms with E-state index in [4.69, 9.17) is 9.47 Å². The minimum absolute atomic E-state index is 0.0802. The predicted molar refractivity (Wildman–Crippen MR) is 109 cm³/mol. The Morgan fingerprint density at radius 3 is 2.67 bits per heavy atom. The quantitative estimate of drug-likeness (QED) is 0.606. The van der Waals surface area contributed by atoms with Crippen LogP contribution in [0.15, 0.2) is 42.5 Å². The van der Waals surface area contributed by atoms with Crippen LogP contribution in [0.5, 0.6) is 11.5 Å². The maximum absolute atomic E-state index is 12.0. The number of thiazole rings is 1. The van der Waals surface area contributed by atoms with Crippen molar-refractivity contribution in [3.63, 3.8) is 0 Å². The Bertz CT molecular complexity index is 874. The van der Waals surface area contributed by atoms with Crippen LogP contribution in [0.2, 0.25) is 0 Å². The van der Waals surface area contributed by atoms with Crippen molar-refractivity contribution in [3.8, 4) is 11.5 Å². The van der Waals surface area contributed by atoms with E-state index in [1.54, 1.807) is 25.6 Å². The summed E-state index contributed by atoms with van der Waals surface area (Å²) < 4.78 is 11.7. The summed E-state index contributed by atoms with van der Waals surface area (Å²) in [7, 11) is 3.24. The number of fused-ring (bicyclic) bond motifs is 1. The molecule has 1 aromatic heterocycles. The lowest BCUT2D eigenvalue weighted by Crippen LogP contribution is -2.25. The minimum atomic E-state index is 0.0802. The Morgan fingerprint density at radius 1 is 1.07 bits per heavy atom. The van der Waals surface area contributed by atoms with Crippen molar-refractivity contribution in [1.82, 2.24) is 10.3 Å². The van der Waals surface area contributed by atoms with Gasteiger partial charge in [0.2, 0.25) is 5.91 Å². The van der Waals surface area contributed by atoms with Crippen molar-refractivity contribution in [2.75, 3.05) is 20.8 Å². The van der Waals surface area contributed by atoms with Crippen molar-refractivity contribution >= 4 is 27.5 Å². The molecule has 142 valence electrons. The van der Waals surface area contributed by atoms with Gasteiger partial charge in [-0.1, -0.05) is 18.2 Å². The topological polar surface area (TPSA) is 60.5 Å². The van der Waals surface area contributed by atoms with Crippen LogP contribution in [0.3, 0.4) is 0 Å². The van der Waals surface area contributed by atoms with E-state index in [0.717, 1.165) is 35.4 Å². The lowest BCUT2D eigenvalue weighted by molar-refractivity contribution is -0.121. The highest BCUT2D eigenvalue weighted by molar-refractivity contribution is 7.18. The molecule has 2 aromatic carbocycles. The van der Waals surface area contributed by atoms with Crippen LogP contribution >= 0.6 is 11.3 Å². The van der Waals surface area contributed by atoms with Gasteiger partial charge in [-0.05, 0) is 49.1 Å². The molecule has 0 aliphatic heterocycles. The molecular formula is C21H24N2O3S. The highest BCUT2D eigenvalue weighted by atomic mass is 32.1. The molecule has 1 amide bonds. The number of ether oxygens (including phenoxy) is 2. The molecule has 0 saturated heterocycles. The molecule has 0 spiro atoms. The van der Waals surface area contributed by atoms with Crippen LogP contribution in [0, 0.1) is 0 Å². The number of carbonyl (C=O) groups is 1. The number of hydrogen-bond donors (Lipinski definition) is 1. The number of nitrogens with zero attached hydrogens (tertiary/aromatic N) is 1. The molecule has 0 aliphatic rings. The van der Waals surface area contributed by atoms with Crippen LogP contribution in [-0.4, -0.2) is 31.7 Å². The summed E-state index contributed by atoms with van der Waals surface area (Å²) in [5.74, 6) is 1.49. The molecule has 0 radical (unpaired) electrons. The van der Waals surface area contributed by atoms with Crippen molar-refractivity contribution < 1.29 is 14.3 Å². The number of amides is 1. The van der Waals surface area contributed by atoms with E-state index in [-0.39, 0.29) is 5.91 Å². The molecule has 0 saturated carbocycles. The van der Waals surface area contributed by atoms with Gasteiger partial charge in [0.15, 0.2) is 11.5 Å². The smallest absolute Gasteiger partial charge is 0.220 e. The third-order valence-corrected chi connectivity index (χ3v) is 5.41. The van der Waals surface area contributed by atoms with Gasteiger partial charge in [-0.25, -0.2) is 4.98 Å². The van der Waals surface area contributed by atoms with E-state index in [1.807, 2.05) is 36.4 Å². The summed E-state index contributed by atoms with van der Waals surface area (Å²) in [6, 6.07) is 13.9. The third-order valence-electron chi connectivity index (χ3n) is 4.32. The van der Waals surface area contributed by atoms with Crippen molar-refractivity contribution in [1.29, 1.82) is 0 Å². The van der Waals surface area contributed by atoms with Crippen molar-refractivity contribution in [2.24, 2.45) is 0 Å². The zero-order chi connectivity index (χ0) is 19.1.